The van der Waals surface area contributed by atoms with Gasteiger partial charge in [-0.25, -0.2) is 0 Å². The molecule has 0 amide bonds. The van der Waals surface area contributed by atoms with Crippen molar-refractivity contribution < 1.29 is 5.11 Å². The van der Waals surface area contributed by atoms with Gasteiger partial charge in [0.1, 0.15) is 5.69 Å². The Labute approximate surface area is 73.0 Å². The van der Waals surface area contributed by atoms with Gasteiger partial charge in [-0.05, 0) is 6.92 Å². The second-order valence-corrected chi connectivity index (χ2v) is 4.16. The largest absolute Gasteiger partial charge is 0.504 e. The standard InChI is InChI=1S/C9H16N2O/c1-6-7(12)8(9(2,3)4)11(5)10-6/h12H,1-5H3. The number of hydrogen-bond acceptors (Lipinski definition) is 2. The SMILES string of the molecule is Cc1nn(C)c(C(C)(C)C)c1O. The van der Waals surface area contributed by atoms with Crippen LogP contribution in [0, 0.1) is 6.92 Å². The zero-order valence-electron chi connectivity index (χ0n) is 8.34. The lowest BCUT2D eigenvalue weighted by Gasteiger charge is -2.18. The van der Waals surface area contributed by atoms with Gasteiger partial charge in [0.2, 0.25) is 0 Å². The Hall–Kier alpha value is -0.990. The topological polar surface area (TPSA) is 38.0 Å². The van der Waals surface area contributed by atoms with Crippen LogP contribution in [-0.2, 0) is 12.5 Å². The number of nitrogens with zero attached hydrogens (tertiary/aromatic N) is 2. The number of aromatic hydroxyl groups is 1. The van der Waals surface area contributed by atoms with Gasteiger partial charge in [0.15, 0.2) is 5.75 Å². The lowest BCUT2D eigenvalue weighted by molar-refractivity contribution is 0.432. The molecule has 0 aliphatic rings. The van der Waals surface area contributed by atoms with Crippen molar-refractivity contribution in [3.05, 3.63) is 11.4 Å². The molecule has 3 heteroatoms. The minimum Gasteiger partial charge on any atom is -0.504 e. The van der Waals surface area contributed by atoms with Gasteiger partial charge in [0, 0.05) is 12.5 Å². The summed E-state index contributed by atoms with van der Waals surface area (Å²) in [4.78, 5) is 0. The Balaban J connectivity index is 3.32. The lowest BCUT2D eigenvalue weighted by atomic mass is 9.91. The van der Waals surface area contributed by atoms with Gasteiger partial charge in [-0.3, -0.25) is 4.68 Å². The van der Waals surface area contributed by atoms with Crippen molar-refractivity contribution in [3.8, 4) is 5.75 Å². The van der Waals surface area contributed by atoms with Crippen molar-refractivity contribution in [1.29, 1.82) is 0 Å². The molecule has 1 N–H and O–H groups in total. The van der Waals surface area contributed by atoms with Crippen molar-refractivity contribution in [1.82, 2.24) is 9.78 Å². The first-order valence-corrected chi connectivity index (χ1v) is 4.07. The van der Waals surface area contributed by atoms with E-state index >= 15 is 0 Å². The molecule has 0 unspecified atom stereocenters. The van der Waals surface area contributed by atoms with E-state index in [2.05, 4.69) is 25.9 Å². The second kappa shape index (κ2) is 2.51. The molecule has 0 spiro atoms. The highest BCUT2D eigenvalue weighted by Crippen LogP contribution is 2.31. The molecule has 12 heavy (non-hydrogen) atoms. The summed E-state index contributed by atoms with van der Waals surface area (Å²) in [5, 5.41) is 13.8. The van der Waals surface area contributed by atoms with Gasteiger partial charge in [0.05, 0.1) is 5.69 Å². The van der Waals surface area contributed by atoms with Crippen molar-refractivity contribution in [2.75, 3.05) is 0 Å². The van der Waals surface area contributed by atoms with Crippen LogP contribution in [-0.4, -0.2) is 14.9 Å². The number of aryl methyl sites for hydroxylation is 2. The molecular formula is C9H16N2O. The van der Waals surface area contributed by atoms with Crippen LogP contribution in [0.5, 0.6) is 5.75 Å². The number of rotatable bonds is 0. The van der Waals surface area contributed by atoms with E-state index in [1.807, 2.05) is 14.0 Å². The summed E-state index contributed by atoms with van der Waals surface area (Å²) in [6.45, 7) is 7.99. The molecule has 0 aliphatic carbocycles. The zero-order chi connectivity index (χ0) is 9.52. The fraction of sp³-hybridized carbons (Fsp3) is 0.667. The summed E-state index contributed by atoms with van der Waals surface area (Å²) in [5.41, 5.74) is 1.53. The molecule has 3 nitrogen and oxygen atoms in total. The molecule has 0 bridgehead atoms. The van der Waals surface area contributed by atoms with Gasteiger partial charge in [-0.1, -0.05) is 20.8 Å². The van der Waals surface area contributed by atoms with Crippen LogP contribution in [0.4, 0.5) is 0 Å². The highest BCUT2D eigenvalue weighted by molar-refractivity contribution is 5.35. The molecule has 0 fully saturated rings. The predicted octanol–water partition coefficient (Wildman–Crippen LogP) is 1.73. The molecule has 0 saturated carbocycles. The first-order chi connectivity index (χ1) is 5.34. The summed E-state index contributed by atoms with van der Waals surface area (Å²) in [7, 11) is 1.85. The minimum absolute atomic E-state index is 0.0555. The average molecular weight is 168 g/mol. The smallest absolute Gasteiger partial charge is 0.160 e. The van der Waals surface area contributed by atoms with E-state index < -0.39 is 0 Å². The van der Waals surface area contributed by atoms with Crippen molar-refractivity contribution in [3.63, 3.8) is 0 Å². The molecule has 1 aromatic heterocycles. The molecule has 0 aliphatic heterocycles. The molecule has 1 aromatic rings. The van der Waals surface area contributed by atoms with E-state index in [1.165, 1.54) is 0 Å². The Kier molecular flexibility index (Phi) is 1.90. The van der Waals surface area contributed by atoms with Crippen LogP contribution >= 0.6 is 0 Å². The van der Waals surface area contributed by atoms with Gasteiger partial charge < -0.3 is 5.11 Å². The monoisotopic (exact) mass is 168 g/mol. The van der Waals surface area contributed by atoms with Gasteiger partial charge >= 0.3 is 0 Å². The van der Waals surface area contributed by atoms with Crippen LogP contribution in [0.2, 0.25) is 0 Å². The van der Waals surface area contributed by atoms with Crippen molar-refractivity contribution in [2.45, 2.75) is 33.1 Å². The maximum absolute atomic E-state index is 9.67. The fourth-order valence-corrected chi connectivity index (χ4v) is 1.49. The van der Waals surface area contributed by atoms with E-state index in [0.29, 0.717) is 11.4 Å². The van der Waals surface area contributed by atoms with E-state index in [-0.39, 0.29) is 5.41 Å². The van der Waals surface area contributed by atoms with E-state index in [0.717, 1.165) is 5.69 Å². The van der Waals surface area contributed by atoms with Crippen LogP contribution in [0.1, 0.15) is 32.2 Å². The van der Waals surface area contributed by atoms with Crippen LogP contribution in [0.25, 0.3) is 0 Å². The molecule has 0 aromatic carbocycles. The van der Waals surface area contributed by atoms with Crippen molar-refractivity contribution in [2.24, 2.45) is 7.05 Å². The number of aromatic nitrogens is 2. The molecule has 68 valence electrons. The summed E-state index contributed by atoms with van der Waals surface area (Å²) >= 11 is 0. The third-order valence-corrected chi connectivity index (χ3v) is 1.90. The Bertz CT molecular complexity index is 294. The van der Waals surface area contributed by atoms with Gasteiger partial charge in [-0.15, -0.1) is 0 Å². The highest BCUT2D eigenvalue weighted by Gasteiger charge is 2.24. The molecular weight excluding hydrogens is 152 g/mol. The second-order valence-electron chi connectivity index (χ2n) is 4.16. The number of hydrogen-bond donors (Lipinski definition) is 1. The van der Waals surface area contributed by atoms with Crippen molar-refractivity contribution >= 4 is 0 Å². The summed E-state index contributed by atoms with van der Waals surface area (Å²) < 4.78 is 1.74. The maximum atomic E-state index is 9.67. The minimum atomic E-state index is -0.0555. The van der Waals surface area contributed by atoms with E-state index in [9.17, 15) is 5.11 Å². The lowest BCUT2D eigenvalue weighted by Crippen LogP contribution is -2.16. The Morgan fingerprint density at radius 3 is 2.00 bits per heavy atom. The molecule has 1 heterocycles. The fourth-order valence-electron chi connectivity index (χ4n) is 1.49. The third kappa shape index (κ3) is 1.31. The van der Waals surface area contributed by atoms with Crippen LogP contribution in [0.3, 0.4) is 0 Å². The summed E-state index contributed by atoms with van der Waals surface area (Å²) in [5.74, 6) is 0.324. The zero-order valence-corrected chi connectivity index (χ0v) is 8.34. The molecule has 1 rings (SSSR count). The van der Waals surface area contributed by atoms with Gasteiger partial charge in [-0.2, -0.15) is 5.10 Å². The average Bonchev–Trinajstić information content (AvgIpc) is 2.05. The van der Waals surface area contributed by atoms with E-state index in [4.69, 9.17) is 0 Å². The first-order valence-electron chi connectivity index (χ1n) is 4.07. The van der Waals surface area contributed by atoms with Crippen LogP contribution in [0.15, 0.2) is 0 Å². The Morgan fingerprint density at radius 1 is 1.33 bits per heavy atom. The molecule has 0 saturated heterocycles. The first kappa shape index (κ1) is 9.10. The normalized spacial score (nSPS) is 12.1. The van der Waals surface area contributed by atoms with Gasteiger partial charge in [0.25, 0.3) is 0 Å². The molecule has 0 radical (unpaired) electrons. The maximum Gasteiger partial charge on any atom is 0.160 e. The Morgan fingerprint density at radius 2 is 1.83 bits per heavy atom. The summed E-state index contributed by atoms with van der Waals surface area (Å²) in [6, 6.07) is 0. The van der Waals surface area contributed by atoms with E-state index in [1.54, 1.807) is 4.68 Å². The highest BCUT2D eigenvalue weighted by atomic mass is 16.3. The van der Waals surface area contributed by atoms with Crippen LogP contribution < -0.4 is 0 Å². The third-order valence-electron chi connectivity index (χ3n) is 1.90. The molecule has 0 atom stereocenters. The quantitative estimate of drug-likeness (QED) is 0.640. The summed E-state index contributed by atoms with van der Waals surface area (Å²) in [6.07, 6.45) is 0. The predicted molar refractivity (Wildman–Crippen MR) is 48.3 cm³/mol.